The molecule has 8 rings (SSSR count). The van der Waals surface area contributed by atoms with E-state index in [0.29, 0.717) is 0 Å². The van der Waals surface area contributed by atoms with Crippen LogP contribution in [-0.2, 0) is 6.42 Å². The zero-order valence-corrected chi connectivity index (χ0v) is 26.0. The first-order chi connectivity index (χ1) is 22.5. The van der Waals surface area contributed by atoms with E-state index in [-0.39, 0.29) is 5.92 Å². The molecular formula is C44H35NO. The Hall–Kier alpha value is -5.60. The fraction of sp³-hybridized carbons (Fsp3) is 0.0909. The SMILES string of the molecule is C=c1ccc2ccc(-c3ccc4oc5cccc(C/C=C(\C=C(/N)c6ccccc6)C6C=CC=CC6)c5c4c3)c3ccc(C)c1c23. The van der Waals surface area contributed by atoms with Gasteiger partial charge in [-0.25, -0.2) is 0 Å². The second-order valence-electron chi connectivity index (χ2n) is 12.4. The maximum Gasteiger partial charge on any atom is 0.135 e. The number of nitrogens with two attached hydrogens (primary N) is 1. The summed E-state index contributed by atoms with van der Waals surface area (Å²) in [5.41, 5.74) is 16.4. The predicted molar refractivity (Wildman–Crippen MR) is 196 cm³/mol. The van der Waals surface area contributed by atoms with Gasteiger partial charge >= 0.3 is 0 Å². The number of rotatable bonds is 6. The summed E-state index contributed by atoms with van der Waals surface area (Å²) in [5.74, 6) is 0.279. The summed E-state index contributed by atoms with van der Waals surface area (Å²) in [5, 5.41) is 8.41. The molecule has 2 heteroatoms. The van der Waals surface area contributed by atoms with Crippen molar-refractivity contribution in [1.82, 2.24) is 0 Å². The molecular weight excluding hydrogens is 558 g/mol. The number of aryl methyl sites for hydroxylation is 1. The number of hydrogen-bond donors (Lipinski definition) is 1. The Morgan fingerprint density at radius 1 is 0.826 bits per heavy atom. The fourth-order valence-corrected chi connectivity index (χ4v) is 7.16. The summed E-state index contributed by atoms with van der Waals surface area (Å²) in [6, 6.07) is 36.5. The van der Waals surface area contributed by atoms with Gasteiger partial charge in [0.05, 0.1) is 0 Å². The van der Waals surface area contributed by atoms with Crippen LogP contribution >= 0.6 is 0 Å². The number of fused-ring (bicyclic) bond motifs is 3. The zero-order valence-electron chi connectivity index (χ0n) is 26.0. The molecule has 2 N–H and O–H groups in total. The van der Waals surface area contributed by atoms with Gasteiger partial charge in [0.25, 0.3) is 0 Å². The van der Waals surface area contributed by atoms with Crippen LogP contribution in [0.5, 0.6) is 0 Å². The summed E-state index contributed by atoms with van der Waals surface area (Å²) in [6.45, 7) is 6.52. The number of furan rings is 1. The number of benzene rings is 6. The maximum atomic E-state index is 6.63. The molecule has 0 saturated carbocycles. The first kappa shape index (κ1) is 27.9. The Bertz CT molecular complexity index is 2450. The number of allylic oxidation sites excluding steroid dienone is 7. The molecule has 0 bridgehead atoms. The van der Waals surface area contributed by atoms with Crippen molar-refractivity contribution in [2.24, 2.45) is 11.7 Å². The highest BCUT2D eigenvalue weighted by molar-refractivity contribution is 6.17. The predicted octanol–water partition coefficient (Wildman–Crippen LogP) is 10.6. The second kappa shape index (κ2) is 11.4. The van der Waals surface area contributed by atoms with Crippen LogP contribution in [0.1, 0.15) is 23.1 Å². The molecule has 0 amide bonds. The Morgan fingerprint density at radius 2 is 1.70 bits per heavy atom. The molecule has 1 aliphatic rings. The van der Waals surface area contributed by atoms with E-state index in [1.54, 1.807) is 0 Å². The highest BCUT2D eigenvalue weighted by Gasteiger charge is 2.16. The van der Waals surface area contributed by atoms with Crippen LogP contribution in [0.4, 0.5) is 0 Å². The van der Waals surface area contributed by atoms with Crippen molar-refractivity contribution in [3.05, 3.63) is 167 Å². The first-order valence-corrected chi connectivity index (χ1v) is 16.0. The van der Waals surface area contributed by atoms with Gasteiger partial charge in [-0.15, -0.1) is 0 Å². The van der Waals surface area contributed by atoms with E-state index in [9.17, 15) is 0 Å². The van der Waals surface area contributed by atoms with Crippen molar-refractivity contribution in [1.29, 1.82) is 0 Å². The van der Waals surface area contributed by atoms with Gasteiger partial charge in [-0.1, -0.05) is 122 Å². The minimum absolute atomic E-state index is 0.279. The van der Waals surface area contributed by atoms with E-state index >= 15 is 0 Å². The maximum absolute atomic E-state index is 6.63. The summed E-state index contributed by atoms with van der Waals surface area (Å²) in [6.07, 6.45) is 15.0. The lowest BCUT2D eigenvalue weighted by Gasteiger charge is -2.16. The van der Waals surface area contributed by atoms with Crippen LogP contribution in [-0.4, -0.2) is 0 Å². The second-order valence-corrected chi connectivity index (χ2v) is 12.4. The van der Waals surface area contributed by atoms with E-state index in [1.807, 2.05) is 18.2 Å². The van der Waals surface area contributed by atoms with E-state index in [4.69, 9.17) is 10.2 Å². The average molecular weight is 594 g/mol. The van der Waals surface area contributed by atoms with Gasteiger partial charge in [0.1, 0.15) is 11.2 Å². The third kappa shape index (κ3) is 4.83. The fourth-order valence-electron chi connectivity index (χ4n) is 7.16. The Kier molecular flexibility index (Phi) is 6.92. The Balaban J connectivity index is 1.25. The van der Waals surface area contributed by atoms with Crippen molar-refractivity contribution in [3.8, 4) is 11.1 Å². The van der Waals surface area contributed by atoms with E-state index in [2.05, 4.69) is 135 Å². The zero-order chi connectivity index (χ0) is 31.2. The molecule has 1 aromatic heterocycles. The van der Waals surface area contributed by atoms with Crippen molar-refractivity contribution >= 4 is 55.8 Å². The normalized spacial score (nSPS) is 15.5. The first-order valence-electron chi connectivity index (χ1n) is 16.0. The molecule has 0 aliphatic heterocycles. The summed E-state index contributed by atoms with van der Waals surface area (Å²) in [7, 11) is 0. The molecule has 46 heavy (non-hydrogen) atoms. The largest absolute Gasteiger partial charge is 0.456 e. The molecule has 222 valence electrons. The van der Waals surface area contributed by atoms with Crippen molar-refractivity contribution in [2.75, 3.05) is 0 Å². The molecule has 0 spiro atoms. The molecule has 7 aromatic rings. The van der Waals surface area contributed by atoms with Crippen LogP contribution < -0.4 is 11.0 Å². The van der Waals surface area contributed by atoms with Gasteiger partial charge in [-0.2, -0.15) is 0 Å². The van der Waals surface area contributed by atoms with Gasteiger partial charge in [-0.05, 0) is 104 Å². The van der Waals surface area contributed by atoms with Gasteiger partial charge in [-0.3, -0.25) is 0 Å². The monoisotopic (exact) mass is 593 g/mol. The third-order valence-electron chi connectivity index (χ3n) is 9.50. The van der Waals surface area contributed by atoms with E-state index in [1.165, 1.54) is 54.8 Å². The van der Waals surface area contributed by atoms with Gasteiger partial charge < -0.3 is 10.2 Å². The van der Waals surface area contributed by atoms with Crippen LogP contribution in [0.3, 0.4) is 0 Å². The van der Waals surface area contributed by atoms with Gasteiger partial charge in [0.2, 0.25) is 0 Å². The Labute approximate surface area is 269 Å². The molecule has 0 saturated heterocycles. The van der Waals surface area contributed by atoms with E-state index < -0.39 is 0 Å². The summed E-state index contributed by atoms with van der Waals surface area (Å²) < 4.78 is 6.42. The molecule has 1 atom stereocenters. The smallest absolute Gasteiger partial charge is 0.135 e. The Morgan fingerprint density at radius 3 is 2.54 bits per heavy atom. The topological polar surface area (TPSA) is 39.2 Å². The van der Waals surface area contributed by atoms with Crippen molar-refractivity contribution in [3.63, 3.8) is 0 Å². The lowest BCUT2D eigenvalue weighted by Crippen LogP contribution is -2.04. The number of hydrogen-bond acceptors (Lipinski definition) is 2. The molecule has 6 aromatic carbocycles. The molecule has 1 aliphatic carbocycles. The van der Waals surface area contributed by atoms with E-state index in [0.717, 1.165) is 45.9 Å². The molecule has 2 nitrogen and oxygen atoms in total. The third-order valence-corrected chi connectivity index (χ3v) is 9.50. The standard InChI is InChI=1S/C44H35NO/c1-28-16-18-33-21-24-36(37-23-17-29(2)42(28)44(33)37)35-22-25-40-38(26-35)43-32(14-9-15-41(43)46-40)19-20-34(30-10-5-3-6-11-30)27-39(45)31-12-7-4-8-13-31/h3-10,12-18,20-27,30H,1,11,19,45H2,2H3/b34-20+,39-27-. The average Bonchev–Trinajstić information content (AvgIpc) is 3.48. The minimum atomic E-state index is 0.279. The highest BCUT2D eigenvalue weighted by atomic mass is 16.3. The van der Waals surface area contributed by atoms with Crippen LogP contribution in [0.25, 0.3) is 66.9 Å². The summed E-state index contributed by atoms with van der Waals surface area (Å²) >= 11 is 0. The summed E-state index contributed by atoms with van der Waals surface area (Å²) in [4.78, 5) is 0. The van der Waals surface area contributed by atoms with Crippen LogP contribution in [0.15, 0.2) is 150 Å². The quantitative estimate of drug-likeness (QED) is 0.195. The lowest BCUT2D eigenvalue weighted by atomic mass is 9.89. The van der Waals surface area contributed by atoms with Crippen molar-refractivity contribution in [2.45, 2.75) is 19.8 Å². The van der Waals surface area contributed by atoms with Gasteiger partial charge in [0.15, 0.2) is 0 Å². The highest BCUT2D eigenvalue weighted by Crippen LogP contribution is 2.39. The molecule has 1 unspecified atom stereocenters. The van der Waals surface area contributed by atoms with Crippen LogP contribution in [0, 0.1) is 12.8 Å². The van der Waals surface area contributed by atoms with Crippen LogP contribution in [0.2, 0.25) is 0 Å². The van der Waals surface area contributed by atoms with Crippen molar-refractivity contribution < 1.29 is 4.42 Å². The lowest BCUT2D eigenvalue weighted by molar-refractivity contribution is 0.669. The molecule has 0 radical (unpaired) electrons. The van der Waals surface area contributed by atoms with Gasteiger partial charge in [0, 0.05) is 22.4 Å². The molecule has 1 heterocycles. The minimum Gasteiger partial charge on any atom is -0.456 e. The molecule has 0 fully saturated rings.